The predicted molar refractivity (Wildman–Crippen MR) is 135 cm³/mol. The molecule has 1 atom stereocenters. The first-order valence-corrected chi connectivity index (χ1v) is 12.7. The van der Waals surface area contributed by atoms with Crippen molar-refractivity contribution in [3.05, 3.63) is 52.3 Å². The number of carbonyl (C=O) groups is 1. The van der Waals surface area contributed by atoms with Crippen molar-refractivity contribution >= 4 is 17.5 Å². The van der Waals surface area contributed by atoms with E-state index in [1.165, 1.54) is 6.07 Å². The van der Waals surface area contributed by atoms with Crippen molar-refractivity contribution in [1.29, 1.82) is 0 Å². The molecule has 2 aliphatic rings. The molecule has 0 saturated carbocycles. The number of hydrogen-bond donors (Lipinski definition) is 0. The zero-order valence-electron chi connectivity index (χ0n) is 21.1. The molecule has 2 aliphatic heterocycles. The van der Waals surface area contributed by atoms with Crippen LogP contribution in [-0.4, -0.2) is 68.4 Å². The Hall–Kier alpha value is -2.55. The van der Waals surface area contributed by atoms with Crippen LogP contribution in [0.25, 0.3) is 0 Å². The highest BCUT2D eigenvalue weighted by Gasteiger charge is 2.31. The Kier molecular flexibility index (Phi) is 8.93. The molecular formula is C27H34ClFN2O5. The number of ether oxygens (including phenoxy) is 4. The van der Waals surface area contributed by atoms with Crippen molar-refractivity contribution in [1.82, 2.24) is 9.80 Å². The normalized spacial score (nSPS) is 18.1. The second-order valence-electron chi connectivity index (χ2n) is 9.62. The molecule has 2 heterocycles. The fraction of sp³-hybridized carbons (Fsp3) is 0.519. The summed E-state index contributed by atoms with van der Waals surface area (Å²) in [6.07, 6.45) is 0.148. The molecule has 9 heteroatoms. The molecule has 0 aliphatic carbocycles. The molecule has 196 valence electrons. The largest absolute Gasteiger partial charge is 0.497 e. The van der Waals surface area contributed by atoms with Gasteiger partial charge in [0.15, 0.2) is 11.5 Å². The summed E-state index contributed by atoms with van der Waals surface area (Å²) in [6, 6.07) is 8.42. The first-order valence-electron chi connectivity index (χ1n) is 12.4. The topological polar surface area (TPSA) is 60.5 Å². The highest BCUT2D eigenvalue weighted by Crippen LogP contribution is 2.38. The standard InChI is InChI=1S/C27H34ClFN2O5/c1-18(2)14-31(15-19-11-22(28)26-24(12-19)34-8-4-9-36-26)27(32)25-17-30(7-10-35-25)16-20-13-21(33-3)5-6-23(20)29/h5-6,11-13,18,25H,4,7-10,14-17H2,1-3H3/t25-/m1/s1. The maximum Gasteiger partial charge on any atom is 0.253 e. The van der Waals surface area contributed by atoms with Crippen LogP contribution in [0.1, 0.15) is 31.4 Å². The maximum absolute atomic E-state index is 14.4. The first-order chi connectivity index (χ1) is 17.3. The second kappa shape index (κ2) is 12.1. The smallest absolute Gasteiger partial charge is 0.253 e. The van der Waals surface area contributed by atoms with Crippen LogP contribution in [0.5, 0.6) is 17.2 Å². The maximum atomic E-state index is 14.4. The summed E-state index contributed by atoms with van der Waals surface area (Å²) in [5.41, 5.74) is 1.40. The van der Waals surface area contributed by atoms with Crippen LogP contribution in [0.4, 0.5) is 4.39 Å². The van der Waals surface area contributed by atoms with Gasteiger partial charge in [-0.15, -0.1) is 0 Å². The lowest BCUT2D eigenvalue weighted by molar-refractivity contribution is -0.151. The van der Waals surface area contributed by atoms with Gasteiger partial charge in [-0.3, -0.25) is 9.69 Å². The lowest BCUT2D eigenvalue weighted by atomic mass is 10.1. The zero-order valence-corrected chi connectivity index (χ0v) is 21.9. The third kappa shape index (κ3) is 6.60. The summed E-state index contributed by atoms with van der Waals surface area (Å²) in [7, 11) is 1.56. The summed E-state index contributed by atoms with van der Waals surface area (Å²) in [6.45, 7) is 7.95. The van der Waals surface area contributed by atoms with Gasteiger partial charge in [0.05, 0.1) is 32.0 Å². The Bertz CT molecular complexity index is 1070. The number of fused-ring (bicyclic) bond motifs is 1. The van der Waals surface area contributed by atoms with Crippen LogP contribution in [0, 0.1) is 11.7 Å². The van der Waals surface area contributed by atoms with Crippen LogP contribution in [0.3, 0.4) is 0 Å². The number of halogens is 2. The van der Waals surface area contributed by atoms with E-state index >= 15 is 0 Å². The third-order valence-electron chi connectivity index (χ3n) is 6.21. The van der Waals surface area contributed by atoms with Gasteiger partial charge in [0.1, 0.15) is 17.7 Å². The van der Waals surface area contributed by atoms with Gasteiger partial charge in [0.2, 0.25) is 0 Å². The Labute approximate surface area is 217 Å². The molecule has 1 amide bonds. The van der Waals surface area contributed by atoms with Gasteiger partial charge in [-0.2, -0.15) is 0 Å². The van der Waals surface area contributed by atoms with E-state index in [2.05, 4.69) is 13.8 Å². The molecule has 0 spiro atoms. The van der Waals surface area contributed by atoms with Crippen molar-refractivity contribution in [2.45, 2.75) is 39.5 Å². The van der Waals surface area contributed by atoms with Gasteiger partial charge in [-0.1, -0.05) is 25.4 Å². The number of benzene rings is 2. The minimum atomic E-state index is -0.637. The molecule has 36 heavy (non-hydrogen) atoms. The molecule has 7 nitrogen and oxygen atoms in total. The van der Waals surface area contributed by atoms with Crippen LogP contribution in [0.15, 0.2) is 30.3 Å². The number of methoxy groups -OCH3 is 1. The van der Waals surface area contributed by atoms with E-state index in [-0.39, 0.29) is 17.6 Å². The molecule has 0 aromatic heterocycles. The molecule has 4 rings (SSSR count). The number of hydrogen-bond acceptors (Lipinski definition) is 6. The molecule has 0 N–H and O–H groups in total. The molecule has 0 bridgehead atoms. The zero-order chi connectivity index (χ0) is 25.7. The Balaban J connectivity index is 1.48. The molecule has 1 saturated heterocycles. The van der Waals surface area contributed by atoms with Gasteiger partial charge in [0.25, 0.3) is 5.91 Å². The van der Waals surface area contributed by atoms with Gasteiger partial charge in [-0.05, 0) is 41.8 Å². The average Bonchev–Trinajstić information content (AvgIpc) is 3.10. The Morgan fingerprint density at radius 3 is 2.81 bits per heavy atom. The van der Waals surface area contributed by atoms with Gasteiger partial charge >= 0.3 is 0 Å². The van der Waals surface area contributed by atoms with Crippen molar-refractivity contribution in [2.75, 3.05) is 46.6 Å². The number of carbonyl (C=O) groups excluding carboxylic acids is 1. The Morgan fingerprint density at radius 2 is 2.03 bits per heavy atom. The minimum Gasteiger partial charge on any atom is -0.497 e. The second-order valence-corrected chi connectivity index (χ2v) is 10.0. The quantitative estimate of drug-likeness (QED) is 0.509. The van der Waals surface area contributed by atoms with E-state index in [0.717, 1.165) is 12.0 Å². The van der Waals surface area contributed by atoms with Crippen molar-refractivity contribution < 1.29 is 28.1 Å². The number of morpholine rings is 1. The number of nitrogens with zero attached hydrogens (tertiary/aromatic N) is 2. The molecule has 2 aromatic rings. The van der Waals surface area contributed by atoms with Crippen LogP contribution < -0.4 is 14.2 Å². The van der Waals surface area contributed by atoms with Crippen molar-refractivity contribution in [3.8, 4) is 17.2 Å². The molecule has 1 fully saturated rings. The molecule has 2 aromatic carbocycles. The van der Waals surface area contributed by atoms with Gasteiger partial charge < -0.3 is 23.8 Å². The summed E-state index contributed by atoms with van der Waals surface area (Å²) < 4.78 is 37.1. The van der Waals surface area contributed by atoms with Gasteiger partial charge in [0, 0.05) is 44.7 Å². The van der Waals surface area contributed by atoms with E-state index < -0.39 is 6.10 Å². The minimum absolute atomic E-state index is 0.0947. The fourth-order valence-corrected chi connectivity index (χ4v) is 4.80. The van der Waals surface area contributed by atoms with Crippen LogP contribution in [0.2, 0.25) is 5.02 Å². The first kappa shape index (κ1) is 26.5. The SMILES string of the molecule is COc1ccc(F)c(CN2CCO[C@@H](C(=O)N(Cc3cc(Cl)c4c(c3)OCCCO4)CC(C)C)C2)c1. The van der Waals surface area contributed by atoms with Crippen molar-refractivity contribution in [2.24, 2.45) is 5.92 Å². The lowest BCUT2D eigenvalue weighted by Crippen LogP contribution is -2.51. The van der Waals surface area contributed by atoms with E-state index in [1.54, 1.807) is 24.1 Å². The highest BCUT2D eigenvalue weighted by molar-refractivity contribution is 6.32. The van der Waals surface area contributed by atoms with E-state index in [1.807, 2.05) is 17.0 Å². The van der Waals surface area contributed by atoms with E-state index in [4.69, 9.17) is 30.5 Å². The summed E-state index contributed by atoms with van der Waals surface area (Å²) in [5, 5.41) is 0.474. The summed E-state index contributed by atoms with van der Waals surface area (Å²) >= 11 is 6.49. The van der Waals surface area contributed by atoms with Crippen LogP contribution >= 0.6 is 11.6 Å². The fourth-order valence-electron chi connectivity index (χ4n) is 4.51. The number of amides is 1. The highest BCUT2D eigenvalue weighted by atomic mass is 35.5. The average molecular weight is 521 g/mol. The van der Waals surface area contributed by atoms with Crippen LogP contribution in [-0.2, 0) is 22.6 Å². The summed E-state index contributed by atoms with van der Waals surface area (Å²) in [4.78, 5) is 17.5. The van der Waals surface area contributed by atoms with E-state index in [9.17, 15) is 9.18 Å². The monoisotopic (exact) mass is 520 g/mol. The van der Waals surface area contributed by atoms with E-state index in [0.29, 0.717) is 80.4 Å². The molecule has 0 radical (unpaired) electrons. The van der Waals surface area contributed by atoms with Gasteiger partial charge in [-0.25, -0.2) is 4.39 Å². The Morgan fingerprint density at radius 1 is 1.22 bits per heavy atom. The number of rotatable bonds is 8. The summed E-state index contributed by atoms with van der Waals surface area (Å²) in [5.74, 6) is 1.63. The lowest BCUT2D eigenvalue weighted by Gasteiger charge is -2.35. The third-order valence-corrected chi connectivity index (χ3v) is 6.49. The predicted octanol–water partition coefficient (Wildman–Crippen LogP) is 4.53. The van der Waals surface area contributed by atoms with Crippen molar-refractivity contribution in [3.63, 3.8) is 0 Å². The molecular weight excluding hydrogens is 487 g/mol. The molecule has 0 unspecified atom stereocenters.